The van der Waals surface area contributed by atoms with Crippen LogP contribution in [0.1, 0.15) is 59.6 Å². The van der Waals surface area contributed by atoms with Crippen LogP contribution < -0.4 is 0 Å². The zero-order valence-corrected chi connectivity index (χ0v) is 16.7. The molecule has 0 unspecified atom stereocenters. The second-order valence-electron chi connectivity index (χ2n) is 8.49. The van der Waals surface area contributed by atoms with E-state index in [1.54, 1.807) is 6.07 Å². The monoisotopic (exact) mass is 348 g/mol. The van der Waals surface area contributed by atoms with Crippen molar-refractivity contribution in [3.05, 3.63) is 34.8 Å². The molecule has 0 spiro atoms. The highest BCUT2D eigenvalue weighted by Crippen LogP contribution is 2.39. The van der Waals surface area contributed by atoms with Crippen molar-refractivity contribution in [3.8, 4) is 5.75 Å². The molecule has 0 saturated carbocycles. The molecule has 1 fully saturated rings. The lowest BCUT2D eigenvalue weighted by atomic mass is 9.77. The first-order valence-corrected chi connectivity index (χ1v) is 9.01. The molecule has 1 N–H and O–H groups in total. The van der Waals surface area contributed by atoms with Crippen LogP contribution in [0.2, 0.25) is 0 Å². The number of benzene rings is 1. The van der Waals surface area contributed by atoms with Crippen LogP contribution in [0.4, 0.5) is 0 Å². The first-order valence-electron chi connectivity index (χ1n) is 8.38. The molecule has 0 aliphatic carbocycles. The van der Waals surface area contributed by atoms with Gasteiger partial charge in [-0.25, -0.2) is 0 Å². The summed E-state index contributed by atoms with van der Waals surface area (Å²) in [6, 6.07) is 5.72. The Morgan fingerprint density at radius 1 is 1.17 bits per heavy atom. The molecule has 0 radical (unpaired) electrons. The van der Waals surface area contributed by atoms with Gasteiger partial charge in [-0.15, -0.1) is 0 Å². The third-order valence-corrected chi connectivity index (χ3v) is 5.34. The maximum absolute atomic E-state index is 10.2. The SMILES string of the molecule is CC(C)(C)c1ccc(O)c(C=C(CS)B2OC(C)(C)C(C)(C)O2)c1. The van der Waals surface area contributed by atoms with E-state index in [0.717, 1.165) is 11.0 Å². The Hall–Kier alpha value is -0.905. The number of aromatic hydroxyl groups is 1. The van der Waals surface area contributed by atoms with E-state index in [1.807, 2.05) is 45.9 Å². The van der Waals surface area contributed by atoms with E-state index in [9.17, 15) is 5.11 Å². The summed E-state index contributed by atoms with van der Waals surface area (Å²) in [4.78, 5) is 0. The van der Waals surface area contributed by atoms with Gasteiger partial charge in [0, 0.05) is 11.3 Å². The predicted octanol–water partition coefficient (Wildman–Crippen LogP) is 4.63. The Morgan fingerprint density at radius 3 is 2.17 bits per heavy atom. The third kappa shape index (κ3) is 3.84. The Morgan fingerprint density at radius 2 is 1.71 bits per heavy atom. The number of thiol groups is 1. The topological polar surface area (TPSA) is 38.7 Å². The van der Waals surface area contributed by atoms with Crippen molar-refractivity contribution >= 4 is 25.8 Å². The molecule has 132 valence electrons. The smallest absolute Gasteiger partial charge is 0.491 e. The van der Waals surface area contributed by atoms with Crippen molar-refractivity contribution in [1.29, 1.82) is 0 Å². The average Bonchev–Trinajstić information content (AvgIpc) is 2.65. The van der Waals surface area contributed by atoms with Gasteiger partial charge in [0.25, 0.3) is 0 Å². The Balaban J connectivity index is 2.39. The van der Waals surface area contributed by atoms with Crippen molar-refractivity contribution in [3.63, 3.8) is 0 Å². The highest BCUT2D eigenvalue weighted by Gasteiger charge is 2.52. The molecule has 24 heavy (non-hydrogen) atoms. The summed E-state index contributed by atoms with van der Waals surface area (Å²) in [7, 11) is -0.454. The summed E-state index contributed by atoms with van der Waals surface area (Å²) >= 11 is 4.44. The largest absolute Gasteiger partial charge is 0.507 e. The predicted molar refractivity (Wildman–Crippen MR) is 105 cm³/mol. The average molecular weight is 348 g/mol. The van der Waals surface area contributed by atoms with Gasteiger partial charge in [0.15, 0.2) is 0 Å². The van der Waals surface area contributed by atoms with Crippen molar-refractivity contribution < 1.29 is 14.4 Å². The van der Waals surface area contributed by atoms with Gasteiger partial charge in [-0.2, -0.15) is 12.6 Å². The van der Waals surface area contributed by atoms with E-state index >= 15 is 0 Å². The standard InChI is InChI=1S/C19H29BO3S/c1-17(2,3)14-8-9-16(21)13(10-14)11-15(12-24)20-22-18(4,5)19(6,7)23-20/h8-11,21,24H,12H2,1-7H3. The van der Waals surface area contributed by atoms with Gasteiger partial charge < -0.3 is 14.4 Å². The van der Waals surface area contributed by atoms with Gasteiger partial charge in [-0.3, -0.25) is 0 Å². The highest BCUT2D eigenvalue weighted by atomic mass is 32.1. The zero-order chi connectivity index (χ0) is 18.3. The van der Waals surface area contributed by atoms with Crippen molar-refractivity contribution in [2.24, 2.45) is 0 Å². The molecule has 0 amide bonds. The lowest BCUT2D eigenvalue weighted by Gasteiger charge is -2.32. The summed E-state index contributed by atoms with van der Waals surface area (Å²) < 4.78 is 12.2. The minimum atomic E-state index is -0.454. The summed E-state index contributed by atoms with van der Waals surface area (Å²) in [6.45, 7) is 14.6. The molecule has 1 saturated heterocycles. The molecular weight excluding hydrogens is 319 g/mol. The number of rotatable bonds is 3. The molecule has 1 aromatic carbocycles. The van der Waals surface area contributed by atoms with Crippen LogP contribution >= 0.6 is 12.6 Å². The fourth-order valence-corrected chi connectivity index (χ4v) is 2.76. The third-order valence-electron chi connectivity index (χ3n) is 4.97. The lowest BCUT2D eigenvalue weighted by Crippen LogP contribution is -2.41. The molecule has 1 aliphatic heterocycles. The Labute approximate surface area is 152 Å². The van der Waals surface area contributed by atoms with Crippen molar-refractivity contribution in [2.75, 3.05) is 5.75 Å². The number of hydrogen-bond acceptors (Lipinski definition) is 4. The van der Waals surface area contributed by atoms with Crippen LogP contribution in [0, 0.1) is 0 Å². The van der Waals surface area contributed by atoms with Crippen LogP contribution in [-0.4, -0.2) is 29.2 Å². The van der Waals surface area contributed by atoms with E-state index in [0.29, 0.717) is 5.75 Å². The molecule has 1 heterocycles. The second kappa shape index (κ2) is 6.43. The first kappa shape index (κ1) is 19.4. The van der Waals surface area contributed by atoms with Crippen molar-refractivity contribution in [1.82, 2.24) is 0 Å². The van der Waals surface area contributed by atoms with Crippen LogP contribution in [0.25, 0.3) is 6.08 Å². The van der Waals surface area contributed by atoms with Gasteiger partial charge in [0.2, 0.25) is 0 Å². The van der Waals surface area contributed by atoms with Crippen molar-refractivity contribution in [2.45, 2.75) is 65.1 Å². The summed E-state index contributed by atoms with van der Waals surface area (Å²) in [6.07, 6.45) is 1.93. The quantitative estimate of drug-likeness (QED) is 0.618. The summed E-state index contributed by atoms with van der Waals surface area (Å²) in [5.41, 5.74) is 2.06. The normalized spacial score (nSPS) is 20.5. The second-order valence-corrected chi connectivity index (χ2v) is 8.81. The molecule has 0 aromatic heterocycles. The number of hydrogen-bond donors (Lipinski definition) is 2. The van der Waals surface area contributed by atoms with Crippen LogP contribution in [-0.2, 0) is 14.7 Å². The molecule has 0 bridgehead atoms. The highest BCUT2D eigenvalue weighted by molar-refractivity contribution is 7.80. The Bertz CT molecular complexity index is 629. The van der Waals surface area contributed by atoms with Gasteiger partial charge in [-0.05, 0) is 56.3 Å². The first-order chi connectivity index (χ1) is 10.9. The van der Waals surface area contributed by atoms with E-state index < -0.39 is 18.3 Å². The van der Waals surface area contributed by atoms with Crippen LogP contribution in [0.5, 0.6) is 5.75 Å². The number of phenolic OH excluding ortho intramolecular Hbond substituents is 1. The summed E-state index contributed by atoms with van der Waals surface area (Å²) in [5, 5.41) is 10.2. The van der Waals surface area contributed by atoms with Gasteiger partial charge in [0.1, 0.15) is 5.75 Å². The van der Waals surface area contributed by atoms with Gasteiger partial charge in [-0.1, -0.05) is 32.9 Å². The van der Waals surface area contributed by atoms with Crippen LogP contribution in [0.15, 0.2) is 23.7 Å². The lowest BCUT2D eigenvalue weighted by molar-refractivity contribution is 0.00578. The van der Waals surface area contributed by atoms with E-state index in [-0.39, 0.29) is 11.2 Å². The molecule has 1 aromatic rings. The molecule has 2 rings (SSSR count). The molecule has 0 atom stereocenters. The molecule has 5 heteroatoms. The minimum Gasteiger partial charge on any atom is -0.507 e. The van der Waals surface area contributed by atoms with Gasteiger partial charge in [0.05, 0.1) is 11.2 Å². The van der Waals surface area contributed by atoms with E-state index in [2.05, 4.69) is 33.4 Å². The van der Waals surface area contributed by atoms with E-state index in [1.165, 1.54) is 5.56 Å². The minimum absolute atomic E-state index is 0.0156. The fraction of sp³-hybridized carbons (Fsp3) is 0.579. The molecular formula is C19H29BO3S. The Kier molecular flexibility index (Phi) is 5.21. The van der Waals surface area contributed by atoms with E-state index in [4.69, 9.17) is 9.31 Å². The molecule has 1 aliphatic rings. The maximum atomic E-state index is 10.2. The van der Waals surface area contributed by atoms with Crippen LogP contribution in [0.3, 0.4) is 0 Å². The summed E-state index contributed by atoms with van der Waals surface area (Å²) in [5.74, 6) is 0.745. The maximum Gasteiger partial charge on any atom is 0.491 e. The fourth-order valence-electron chi connectivity index (χ4n) is 2.52. The number of phenols is 1. The molecule has 3 nitrogen and oxygen atoms in total. The zero-order valence-electron chi connectivity index (χ0n) is 15.8. The van der Waals surface area contributed by atoms with Gasteiger partial charge >= 0.3 is 7.12 Å².